The van der Waals surface area contributed by atoms with E-state index in [0.29, 0.717) is 5.41 Å². The van der Waals surface area contributed by atoms with Crippen LogP contribution in [0.15, 0.2) is 42.5 Å². The average molecular weight is 267 g/mol. The lowest BCUT2D eigenvalue weighted by Crippen LogP contribution is -2.28. The normalized spacial score (nSPS) is 17.6. The molecule has 3 rings (SSSR count). The molecule has 1 aliphatic rings. The van der Waals surface area contributed by atoms with Crippen LogP contribution >= 0.6 is 0 Å². The number of fused-ring (bicyclic) bond motifs is 1. The summed E-state index contributed by atoms with van der Waals surface area (Å²) >= 11 is 0. The monoisotopic (exact) mass is 267 g/mol. The van der Waals surface area contributed by atoms with Gasteiger partial charge in [-0.2, -0.15) is 0 Å². The highest BCUT2D eigenvalue weighted by Crippen LogP contribution is 2.44. The molecule has 0 aromatic heterocycles. The fourth-order valence-electron chi connectivity index (χ4n) is 3.76. The molecule has 1 saturated carbocycles. The topological polar surface area (TPSA) is 12.0 Å². The molecule has 1 N–H and O–H groups in total. The van der Waals surface area contributed by atoms with Crippen molar-refractivity contribution in [2.45, 2.75) is 44.4 Å². The van der Waals surface area contributed by atoms with E-state index in [2.05, 4.69) is 54.7 Å². The molecule has 0 atom stereocenters. The van der Waals surface area contributed by atoms with Gasteiger partial charge >= 0.3 is 0 Å². The third-order valence-electron chi connectivity index (χ3n) is 4.95. The summed E-state index contributed by atoms with van der Waals surface area (Å²) in [6.45, 7) is 4.41. The lowest BCUT2D eigenvalue weighted by atomic mass is 9.75. The highest BCUT2D eigenvalue weighted by molar-refractivity contribution is 5.83. The average Bonchev–Trinajstić information content (AvgIpc) is 2.97. The number of hydrogen-bond acceptors (Lipinski definition) is 1. The van der Waals surface area contributed by atoms with Crippen LogP contribution in [-0.4, -0.2) is 13.1 Å². The predicted molar refractivity (Wildman–Crippen MR) is 87.3 cm³/mol. The van der Waals surface area contributed by atoms with Crippen LogP contribution in [0.1, 0.15) is 44.6 Å². The molecule has 2 aromatic rings. The Hall–Kier alpha value is -1.34. The van der Waals surface area contributed by atoms with Crippen molar-refractivity contribution >= 4 is 10.8 Å². The summed E-state index contributed by atoms with van der Waals surface area (Å²) < 4.78 is 0. The van der Waals surface area contributed by atoms with Crippen LogP contribution in [0, 0.1) is 0 Å². The smallest absolute Gasteiger partial charge is 0.00347 e. The van der Waals surface area contributed by atoms with Gasteiger partial charge in [-0.1, -0.05) is 62.2 Å². The lowest BCUT2D eigenvalue weighted by Gasteiger charge is -2.30. The molecule has 0 saturated heterocycles. The molecule has 106 valence electrons. The Morgan fingerprint density at radius 2 is 1.75 bits per heavy atom. The summed E-state index contributed by atoms with van der Waals surface area (Å²) in [6, 6.07) is 15.8. The van der Waals surface area contributed by atoms with Gasteiger partial charge in [0.1, 0.15) is 0 Å². The zero-order chi connectivity index (χ0) is 13.8. The molecule has 20 heavy (non-hydrogen) atoms. The molecule has 2 aromatic carbocycles. The van der Waals surface area contributed by atoms with Crippen LogP contribution in [0.3, 0.4) is 0 Å². The molecule has 0 bridgehead atoms. The summed E-state index contributed by atoms with van der Waals surface area (Å²) in [5.74, 6) is 0. The molecule has 1 heteroatoms. The fourth-order valence-corrected chi connectivity index (χ4v) is 3.76. The van der Waals surface area contributed by atoms with Crippen LogP contribution in [0.2, 0.25) is 0 Å². The van der Waals surface area contributed by atoms with Crippen LogP contribution in [0.25, 0.3) is 10.8 Å². The first-order valence-corrected chi connectivity index (χ1v) is 8.04. The summed E-state index contributed by atoms with van der Waals surface area (Å²) in [5, 5.41) is 6.25. The maximum Gasteiger partial charge on any atom is -0.00347 e. The first-order chi connectivity index (χ1) is 9.84. The van der Waals surface area contributed by atoms with Crippen LogP contribution in [0.4, 0.5) is 0 Å². The Morgan fingerprint density at radius 1 is 1.00 bits per heavy atom. The summed E-state index contributed by atoms with van der Waals surface area (Å²) in [6.07, 6.45) is 6.77. The van der Waals surface area contributed by atoms with E-state index < -0.39 is 0 Å². The van der Waals surface area contributed by atoms with Crippen molar-refractivity contribution < 1.29 is 0 Å². The number of hydrogen-bond donors (Lipinski definition) is 1. The maximum absolute atomic E-state index is 3.51. The van der Waals surface area contributed by atoms with Gasteiger partial charge in [-0.15, -0.1) is 0 Å². The second-order valence-electron chi connectivity index (χ2n) is 6.15. The number of nitrogens with one attached hydrogen (secondary N) is 1. The van der Waals surface area contributed by atoms with Gasteiger partial charge in [-0.25, -0.2) is 0 Å². The molecule has 1 fully saturated rings. The van der Waals surface area contributed by atoms with Gasteiger partial charge in [-0.3, -0.25) is 0 Å². The largest absolute Gasteiger partial charge is 0.317 e. The molecular weight excluding hydrogens is 242 g/mol. The second-order valence-corrected chi connectivity index (χ2v) is 6.15. The Balaban J connectivity index is 1.92. The van der Waals surface area contributed by atoms with Crippen molar-refractivity contribution in [2.24, 2.45) is 0 Å². The van der Waals surface area contributed by atoms with E-state index in [1.807, 2.05) is 0 Å². The number of rotatable bonds is 5. The van der Waals surface area contributed by atoms with Gasteiger partial charge in [0.25, 0.3) is 0 Å². The van der Waals surface area contributed by atoms with Crippen molar-refractivity contribution in [3.8, 4) is 0 Å². The molecule has 0 heterocycles. The van der Waals surface area contributed by atoms with Gasteiger partial charge in [0, 0.05) is 0 Å². The third kappa shape index (κ3) is 2.60. The van der Waals surface area contributed by atoms with E-state index in [4.69, 9.17) is 0 Å². The van der Waals surface area contributed by atoms with E-state index in [0.717, 1.165) is 13.1 Å². The van der Waals surface area contributed by atoms with E-state index in [1.165, 1.54) is 42.9 Å². The van der Waals surface area contributed by atoms with E-state index in [-0.39, 0.29) is 0 Å². The predicted octanol–water partition coefficient (Wildman–Crippen LogP) is 4.65. The first-order valence-electron chi connectivity index (χ1n) is 8.04. The van der Waals surface area contributed by atoms with Crippen LogP contribution in [0.5, 0.6) is 0 Å². The minimum absolute atomic E-state index is 0.423. The summed E-state index contributed by atoms with van der Waals surface area (Å²) in [5.41, 5.74) is 1.98. The van der Waals surface area contributed by atoms with E-state index in [1.54, 1.807) is 5.56 Å². The van der Waals surface area contributed by atoms with Gasteiger partial charge in [0.05, 0.1) is 0 Å². The summed E-state index contributed by atoms with van der Waals surface area (Å²) in [4.78, 5) is 0. The lowest BCUT2D eigenvalue weighted by molar-refractivity contribution is 0.396. The molecule has 0 aliphatic heterocycles. The first kappa shape index (κ1) is 13.6. The minimum Gasteiger partial charge on any atom is -0.317 e. The molecule has 0 amide bonds. The standard InChI is InChI=1S/C19H25N/c1-2-20-14-13-19(11-5-6-12-19)18-10-9-16-7-3-4-8-17(16)15-18/h3-4,7-10,15,20H,2,5-6,11-14H2,1H3. The van der Waals surface area contributed by atoms with Crippen molar-refractivity contribution in [1.29, 1.82) is 0 Å². The van der Waals surface area contributed by atoms with Crippen molar-refractivity contribution in [3.63, 3.8) is 0 Å². The van der Waals surface area contributed by atoms with E-state index >= 15 is 0 Å². The Morgan fingerprint density at radius 3 is 2.50 bits per heavy atom. The molecule has 1 nitrogen and oxygen atoms in total. The molecule has 0 unspecified atom stereocenters. The van der Waals surface area contributed by atoms with Crippen molar-refractivity contribution in [2.75, 3.05) is 13.1 Å². The second kappa shape index (κ2) is 5.97. The zero-order valence-electron chi connectivity index (χ0n) is 12.5. The van der Waals surface area contributed by atoms with Crippen LogP contribution < -0.4 is 5.32 Å². The zero-order valence-corrected chi connectivity index (χ0v) is 12.5. The van der Waals surface area contributed by atoms with Gasteiger partial charge in [0.2, 0.25) is 0 Å². The quantitative estimate of drug-likeness (QED) is 0.777. The highest BCUT2D eigenvalue weighted by Gasteiger charge is 2.34. The SMILES string of the molecule is CCNCCC1(c2ccc3ccccc3c2)CCCC1. The van der Waals surface area contributed by atoms with Gasteiger partial charge < -0.3 is 5.32 Å². The molecule has 1 aliphatic carbocycles. The Kier molecular flexibility index (Phi) is 4.07. The fraction of sp³-hybridized carbons (Fsp3) is 0.474. The third-order valence-corrected chi connectivity index (χ3v) is 4.95. The van der Waals surface area contributed by atoms with Crippen molar-refractivity contribution in [3.05, 3.63) is 48.0 Å². The molecule has 0 radical (unpaired) electrons. The molecule has 0 spiro atoms. The molecular formula is C19H25N. The van der Waals surface area contributed by atoms with E-state index in [9.17, 15) is 0 Å². The highest BCUT2D eigenvalue weighted by atomic mass is 14.8. The van der Waals surface area contributed by atoms with Gasteiger partial charge in [-0.05, 0) is 54.1 Å². The minimum atomic E-state index is 0.423. The van der Waals surface area contributed by atoms with Crippen LogP contribution in [-0.2, 0) is 5.41 Å². The Labute approximate surface area is 122 Å². The maximum atomic E-state index is 3.51. The Bertz CT molecular complexity index is 567. The number of benzene rings is 2. The summed E-state index contributed by atoms with van der Waals surface area (Å²) in [7, 11) is 0. The van der Waals surface area contributed by atoms with Gasteiger partial charge in [0.15, 0.2) is 0 Å². The van der Waals surface area contributed by atoms with Crippen molar-refractivity contribution in [1.82, 2.24) is 5.32 Å².